The van der Waals surface area contributed by atoms with Crippen LogP contribution < -0.4 is 5.32 Å². The molecule has 2 nitrogen and oxygen atoms in total. The molecule has 1 N–H and O–H groups in total. The summed E-state index contributed by atoms with van der Waals surface area (Å²) in [7, 11) is 0. The van der Waals surface area contributed by atoms with Gasteiger partial charge in [-0.25, -0.2) is 6.57 Å². The SMILES string of the molecule is [C-]#[N+]C1CNC1. The Morgan fingerprint density at radius 2 is 2.33 bits per heavy atom. The Hall–Kier alpha value is -0.550. The van der Waals surface area contributed by atoms with Crippen LogP contribution in [0.1, 0.15) is 0 Å². The Kier molecular flexibility index (Phi) is 0.771. The van der Waals surface area contributed by atoms with Gasteiger partial charge < -0.3 is 10.2 Å². The average molecular weight is 82.1 g/mol. The van der Waals surface area contributed by atoms with Gasteiger partial charge in [0.2, 0.25) is 6.04 Å². The lowest BCUT2D eigenvalue weighted by Gasteiger charge is -2.14. The summed E-state index contributed by atoms with van der Waals surface area (Å²) >= 11 is 0. The third-order valence-corrected chi connectivity index (χ3v) is 0.942. The number of hydrogen-bond acceptors (Lipinski definition) is 1. The fraction of sp³-hybridized carbons (Fsp3) is 0.750. The quantitative estimate of drug-likeness (QED) is 0.403. The van der Waals surface area contributed by atoms with Crippen molar-refractivity contribution in [3.63, 3.8) is 0 Å². The zero-order valence-electron chi connectivity index (χ0n) is 3.44. The first-order valence-corrected chi connectivity index (χ1v) is 2.01. The topological polar surface area (TPSA) is 16.4 Å². The first-order valence-electron chi connectivity index (χ1n) is 2.01. The molecule has 32 valence electrons. The van der Waals surface area contributed by atoms with Gasteiger partial charge in [-0.3, -0.25) is 0 Å². The van der Waals surface area contributed by atoms with Gasteiger partial charge in [0, 0.05) is 0 Å². The van der Waals surface area contributed by atoms with Gasteiger partial charge in [0.25, 0.3) is 0 Å². The van der Waals surface area contributed by atoms with Crippen molar-refractivity contribution in [3.05, 3.63) is 11.4 Å². The molecule has 1 heterocycles. The predicted octanol–water partition coefficient (Wildman–Crippen LogP) is -0.123. The molecule has 1 rings (SSSR count). The Bertz CT molecular complexity index is 78.0. The van der Waals surface area contributed by atoms with Gasteiger partial charge in [-0.15, -0.1) is 0 Å². The molecule has 1 fully saturated rings. The van der Waals surface area contributed by atoms with Gasteiger partial charge in [0.1, 0.15) is 0 Å². The molecule has 0 radical (unpaired) electrons. The van der Waals surface area contributed by atoms with Crippen molar-refractivity contribution in [2.45, 2.75) is 6.04 Å². The molecule has 2 heteroatoms. The van der Waals surface area contributed by atoms with Crippen LogP contribution in [-0.2, 0) is 0 Å². The first-order chi connectivity index (χ1) is 2.93. The second-order valence-electron chi connectivity index (χ2n) is 1.44. The monoisotopic (exact) mass is 82.1 g/mol. The van der Waals surface area contributed by atoms with E-state index in [4.69, 9.17) is 6.57 Å². The van der Waals surface area contributed by atoms with Gasteiger partial charge in [-0.2, -0.15) is 0 Å². The highest BCUT2D eigenvalue weighted by Crippen LogP contribution is 1.93. The summed E-state index contributed by atoms with van der Waals surface area (Å²) in [6, 6.07) is 0.296. The van der Waals surface area contributed by atoms with Crippen LogP contribution in [0.15, 0.2) is 0 Å². The van der Waals surface area contributed by atoms with Crippen LogP contribution in [0.25, 0.3) is 4.85 Å². The van der Waals surface area contributed by atoms with Crippen molar-refractivity contribution < 1.29 is 0 Å². The van der Waals surface area contributed by atoms with E-state index in [1.807, 2.05) is 0 Å². The summed E-state index contributed by atoms with van der Waals surface area (Å²) in [4.78, 5) is 3.28. The van der Waals surface area contributed by atoms with Crippen LogP contribution in [0.4, 0.5) is 0 Å². The van der Waals surface area contributed by atoms with Crippen LogP contribution in [0.2, 0.25) is 0 Å². The van der Waals surface area contributed by atoms with E-state index in [9.17, 15) is 0 Å². The van der Waals surface area contributed by atoms with E-state index in [-0.39, 0.29) is 0 Å². The van der Waals surface area contributed by atoms with Gasteiger partial charge >= 0.3 is 0 Å². The van der Waals surface area contributed by atoms with Crippen molar-refractivity contribution in [2.75, 3.05) is 13.1 Å². The van der Waals surface area contributed by atoms with E-state index in [2.05, 4.69) is 10.2 Å². The molecule has 6 heavy (non-hydrogen) atoms. The fourth-order valence-electron chi connectivity index (χ4n) is 0.365. The summed E-state index contributed by atoms with van der Waals surface area (Å²) in [5.41, 5.74) is 0. The van der Waals surface area contributed by atoms with Crippen molar-refractivity contribution in [3.8, 4) is 0 Å². The van der Waals surface area contributed by atoms with Crippen molar-refractivity contribution in [1.29, 1.82) is 0 Å². The molecule has 0 aliphatic carbocycles. The predicted molar refractivity (Wildman–Crippen MR) is 23.3 cm³/mol. The maximum absolute atomic E-state index is 6.44. The zero-order valence-corrected chi connectivity index (χ0v) is 3.44. The minimum absolute atomic E-state index is 0.296. The van der Waals surface area contributed by atoms with Gasteiger partial charge in [0.05, 0.1) is 13.1 Å². The minimum Gasteiger partial charge on any atom is -0.311 e. The van der Waals surface area contributed by atoms with Crippen LogP contribution in [0.5, 0.6) is 0 Å². The standard InChI is InChI=1S/C4H6N2/c1-5-4-2-6-3-4/h4,6H,2-3H2. The van der Waals surface area contributed by atoms with Crippen LogP contribution in [0.3, 0.4) is 0 Å². The molecule has 0 saturated carbocycles. The summed E-state index contributed by atoms with van der Waals surface area (Å²) < 4.78 is 0. The normalized spacial score (nSPS) is 21.8. The van der Waals surface area contributed by atoms with E-state index >= 15 is 0 Å². The van der Waals surface area contributed by atoms with Gasteiger partial charge in [-0.1, -0.05) is 0 Å². The molecular formula is C4H6N2. The molecule has 0 aromatic rings. The van der Waals surface area contributed by atoms with E-state index in [1.165, 1.54) is 0 Å². The second-order valence-corrected chi connectivity index (χ2v) is 1.44. The Morgan fingerprint density at radius 3 is 2.33 bits per heavy atom. The summed E-state index contributed by atoms with van der Waals surface area (Å²) in [5, 5.41) is 3.00. The third kappa shape index (κ3) is 0.373. The molecule has 1 aliphatic heterocycles. The van der Waals surface area contributed by atoms with Crippen molar-refractivity contribution in [1.82, 2.24) is 5.32 Å². The number of rotatable bonds is 0. The molecule has 0 unspecified atom stereocenters. The van der Waals surface area contributed by atoms with E-state index in [0.29, 0.717) is 6.04 Å². The lowest BCUT2D eigenvalue weighted by Crippen LogP contribution is -2.44. The van der Waals surface area contributed by atoms with Gasteiger partial charge in [0.15, 0.2) is 0 Å². The molecule has 1 saturated heterocycles. The molecular weight excluding hydrogens is 76.1 g/mol. The molecule has 0 aromatic heterocycles. The molecule has 0 aromatic carbocycles. The van der Waals surface area contributed by atoms with Crippen LogP contribution >= 0.6 is 0 Å². The van der Waals surface area contributed by atoms with Crippen molar-refractivity contribution >= 4 is 0 Å². The third-order valence-electron chi connectivity index (χ3n) is 0.942. The highest BCUT2D eigenvalue weighted by atomic mass is 15.0. The number of nitrogens with one attached hydrogen (secondary N) is 1. The van der Waals surface area contributed by atoms with Gasteiger partial charge in [-0.05, 0) is 0 Å². The maximum atomic E-state index is 6.44. The van der Waals surface area contributed by atoms with Crippen molar-refractivity contribution in [2.24, 2.45) is 0 Å². The van der Waals surface area contributed by atoms with E-state index in [0.717, 1.165) is 13.1 Å². The molecule has 0 amide bonds. The molecule has 0 atom stereocenters. The Labute approximate surface area is 37.0 Å². The van der Waals surface area contributed by atoms with E-state index < -0.39 is 0 Å². The summed E-state index contributed by atoms with van der Waals surface area (Å²) in [6.45, 7) is 8.26. The Morgan fingerprint density at radius 1 is 1.67 bits per heavy atom. The fourth-order valence-corrected chi connectivity index (χ4v) is 0.365. The van der Waals surface area contributed by atoms with Crippen LogP contribution in [-0.4, -0.2) is 19.1 Å². The van der Waals surface area contributed by atoms with E-state index in [1.54, 1.807) is 0 Å². The average Bonchev–Trinajstić information content (AvgIpc) is 1.31. The Balaban J connectivity index is 2.22. The summed E-state index contributed by atoms with van der Waals surface area (Å²) in [6.07, 6.45) is 0. The number of nitrogens with zero attached hydrogens (tertiary/aromatic N) is 1. The largest absolute Gasteiger partial charge is 0.311 e. The first kappa shape index (κ1) is 3.63. The zero-order chi connectivity index (χ0) is 4.41. The van der Waals surface area contributed by atoms with Crippen LogP contribution in [0, 0.1) is 6.57 Å². The lowest BCUT2D eigenvalue weighted by molar-refractivity contribution is 0.495. The molecule has 0 spiro atoms. The summed E-state index contributed by atoms with van der Waals surface area (Å²) in [5.74, 6) is 0. The second kappa shape index (κ2) is 1.27. The smallest absolute Gasteiger partial charge is 0.248 e. The highest BCUT2D eigenvalue weighted by Gasteiger charge is 2.19. The molecule has 0 bridgehead atoms. The highest BCUT2D eigenvalue weighted by molar-refractivity contribution is 4.90. The maximum Gasteiger partial charge on any atom is 0.248 e. The minimum atomic E-state index is 0.296. The number of hydrogen-bond donors (Lipinski definition) is 1. The molecule has 1 aliphatic rings. The lowest BCUT2D eigenvalue weighted by atomic mass is 10.2.